The largest absolute Gasteiger partial charge is 0.480 e. The van der Waals surface area contributed by atoms with Crippen molar-refractivity contribution in [3.05, 3.63) is 0 Å². The Balaban J connectivity index is 2.75. The molecule has 18 heavy (non-hydrogen) atoms. The molecule has 0 aromatic rings. The van der Waals surface area contributed by atoms with E-state index in [0.717, 1.165) is 12.2 Å². The van der Waals surface area contributed by atoms with E-state index in [9.17, 15) is 9.59 Å². The number of carbonyl (C=O) groups is 2. The average Bonchev–Trinajstić information content (AvgIpc) is 2.75. The van der Waals surface area contributed by atoms with Crippen LogP contribution in [0.2, 0.25) is 0 Å². The van der Waals surface area contributed by atoms with Gasteiger partial charge in [0.25, 0.3) is 0 Å². The standard InChI is InChI=1S/C12H19NO3S2/c1-8(14)6-9(7-18-2)11(17)13-5-3-4-10(13)12(15)16/h9-10H,3-7H2,1-2H3,(H,15,16)/t9?,10-/m0/s1. The molecule has 102 valence electrons. The summed E-state index contributed by atoms with van der Waals surface area (Å²) in [5.74, 6) is 0.0249. The monoisotopic (exact) mass is 289 g/mol. The number of nitrogens with zero attached hydrogens (tertiary/aromatic N) is 1. The first kappa shape index (κ1) is 15.4. The first-order chi connectivity index (χ1) is 8.47. The molecular formula is C12H19NO3S2. The molecule has 0 saturated carbocycles. The van der Waals surface area contributed by atoms with Crippen molar-refractivity contribution in [1.29, 1.82) is 0 Å². The molecule has 1 heterocycles. The predicted octanol–water partition coefficient (Wildman–Crippen LogP) is 1.82. The third-order valence-electron chi connectivity index (χ3n) is 3.07. The Hall–Kier alpha value is -0.620. The van der Waals surface area contributed by atoms with Gasteiger partial charge in [-0.3, -0.25) is 0 Å². The molecule has 0 aromatic carbocycles. The highest BCUT2D eigenvalue weighted by atomic mass is 32.2. The second-order valence-corrected chi connectivity index (χ2v) is 5.92. The fraction of sp³-hybridized carbons (Fsp3) is 0.750. The Bertz CT molecular complexity index is 346. The Morgan fingerprint density at radius 2 is 2.22 bits per heavy atom. The third-order valence-corrected chi connectivity index (χ3v) is 4.38. The Morgan fingerprint density at radius 3 is 2.72 bits per heavy atom. The molecular weight excluding hydrogens is 270 g/mol. The minimum Gasteiger partial charge on any atom is -0.480 e. The van der Waals surface area contributed by atoms with Gasteiger partial charge in [-0.15, -0.1) is 0 Å². The van der Waals surface area contributed by atoms with E-state index in [1.165, 1.54) is 0 Å². The van der Waals surface area contributed by atoms with E-state index < -0.39 is 12.0 Å². The number of hydrogen-bond acceptors (Lipinski definition) is 4. The van der Waals surface area contributed by atoms with Crippen LogP contribution in [0.4, 0.5) is 0 Å². The zero-order chi connectivity index (χ0) is 13.7. The highest BCUT2D eigenvalue weighted by Gasteiger charge is 2.34. The minimum atomic E-state index is -0.819. The van der Waals surface area contributed by atoms with Crippen LogP contribution in [-0.4, -0.2) is 51.3 Å². The zero-order valence-electron chi connectivity index (χ0n) is 10.7. The Labute approximate surface area is 117 Å². The Morgan fingerprint density at radius 1 is 1.56 bits per heavy atom. The first-order valence-electron chi connectivity index (χ1n) is 5.99. The summed E-state index contributed by atoms with van der Waals surface area (Å²) in [6.45, 7) is 2.24. The maximum Gasteiger partial charge on any atom is 0.326 e. The molecule has 6 heteroatoms. The smallest absolute Gasteiger partial charge is 0.326 e. The van der Waals surface area contributed by atoms with E-state index in [2.05, 4.69) is 0 Å². The molecule has 1 saturated heterocycles. The molecule has 1 aliphatic heterocycles. The van der Waals surface area contributed by atoms with Crippen molar-refractivity contribution in [1.82, 2.24) is 4.90 Å². The maximum absolute atomic E-state index is 11.3. The number of Topliss-reactive ketones (excluding diaryl/α,β-unsaturated/α-hetero) is 1. The van der Waals surface area contributed by atoms with Gasteiger partial charge < -0.3 is 14.8 Å². The molecule has 0 aromatic heterocycles. The lowest BCUT2D eigenvalue weighted by atomic mass is 10.0. The van der Waals surface area contributed by atoms with Gasteiger partial charge in [-0.1, -0.05) is 12.2 Å². The van der Waals surface area contributed by atoms with Crippen molar-refractivity contribution in [2.75, 3.05) is 18.6 Å². The van der Waals surface area contributed by atoms with Crippen molar-refractivity contribution in [2.45, 2.75) is 32.2 Å². The van der Waals surface area contributed by atoms with E-state index in [1.807, 2.05) is 6.26 Å². The molecule has 1 N–H and O–H groups in total. The molecule has 0 aliphatic carbocycles. The molecule has 1 unspecified atom stereocenters. The summed E-state index contributed by atoms with van der Waals surface area (Å²) < 4.78 is 0. The first-order valence-corrected chi connectivity index (χ1v) is 7.79. The summed E-state index contributed by atoms with van der Waals surface area (Å²) in [7, 11) is 0. The highest BCUT2D eigenvalue weighted by molar-refractivity contribution is 7.98. The molecule has 2 atom stereocenters. The van der Waals surface area contributed by atoms with Gasteiger partial charge in [0.2, 0.25) is 0 Å². The normalized spacial score (nSPS) is 20.8. The van der Waals surface area contributed by atoms with Crippen LogP contribution in [0.25, 0.3) is 0 Å². The molecule has 1 rings (SSSR count). The fourth-order valence-electron chi connectivity index (χ4n) is 2.29. The van der Waals surface area contributed by atoms with Gasteiger partial charge in [0.15, 0.2) is 0 Å². The van der Waals surface area contributed by atoms with Crippen LogP contribution in [0.1, 0.15) is 26.2 Å². The summed E-state index contributed by atoms with van der Waals surface area (Å²) >= 11 is 7.05. The summed E-state index contributed by atoms with van der Waals surface area (Å²) in [6, 6.07) is -0.506. The van der Waals surface area contributed by atoms with Gasteiger partial charge in [-0.2, -0.15) is 11.8 Å². The Kier molecular flexibility index (Phi) is 6.08. The number of rotatable bonds is 6. The van der Waals surface area contributed by atoms with Gasteiger partial charge in [0.05, 0.1) is 4.99 Å². The second-order valence-electron chi connectivity index (χ2n) is 4.59. The lowest BCUT2D eigenvalue weighted by Crippen LogP contribution is -2.43. The summed E-state index contributed by atoms with van der Waals surface area (Å²) in [5, 5.41) is 9.15. The van der Waals surface area contributed by atoms with E-state index in [0.29, 0.717) is 24.4 Å². The van der Waals surface area contributed by atoms with Gasteiger partial charge in [-0.05, 0) is 26.0 Å². The van der Waals surface area contributed by atoms with Crippen molar-refractivity contribution >= 4 is 40.7 Å². The topological polar surface area (TPSA) is 57.6 Å². The number of ketones is 1. The van der Waals surface area contributed by atoms with Crippen molar-refractivity contribution in [2.24, 2.45) is 5.92 Å². The molecule has 0 radical (unpaired) electrons. The maximum atomic E-state index is 11.3. The van der Waals surface area contributed by atoms with Crippen LogP contribution in [-0.2, 0) is 9.59 Å². The SMILES string of the molecule is CSCC(CC(C)=O)C(=S)N1CCC[C@H]1C(=O)O. The van der Waals surface area contributed by atoms with Crippen LogP contribution < -0.4 is 0 Å². The zero-order valence-corrected chi connectivity index (χ0v) is 12.4. The second kappa shape index (κ2) is 7.09. The number of carboxylic acids is 1. The minimum absolute atomic E-state index is 0.0209. The van der Waals surface area contributed by atoms with E-state index in [4.69, 9.17) is 17.3 Å². The van der Waals surface area contributed by atoms with Crippen LogP contribution >= 0.6 is 24.0 Å². The molecule has 4 nitrogen and oxygen atoms in total. The van der Waals surface area contributed by atoms with E-state index >= 15 is 0 Å². The number of thioether (sulfide) groups is 1. The average molecular weight is 289 g/mol. The molecule has 0 amide bonds. The number of thiocarbonyl (C=S) groups is 1. The van der Waals surface area contributed by atoms with Gasteiger partial charge in [0.1, 0.15) is 11.8 Å². The van der Waals surface area contributed by atoms with Gasteiger partial charge in [0, 0.05) is 24.6 Å². The van der Waals surface area contributed by atoms with Crippen LogP contribution in [0, 0.1) is 5.92 Å². The number of carboxylic acid groups (broad SMARTS) is 1. The predicted molar refractivity (Wildman–Crippen MR) is 77.1 cm³/mol. The van der Waals surface area contributed by atoms with Crippen LogP contribution in [0.15, 0.2) is 0 Å². The van der Waals surface area contributed by atoms with Crippen molar-refractivity contribution < 1.29 is 14.7 Å². The van der Waals surface area contributed by atoms with Gasteiger partial charge in [-0.25, -0.2) is 4.79 Å². The highest BCUT2D eigenvalue weighted by Crippen LogP contribution is 2.24. The van der Waals surface area contributed by atoms with Gasteiger partial charge >= 0.3 is 5.97 Å². The summed E-state index contributed by atoms with van der Waals surface area (Å²) in [5.41, 5.74) is 0. The molecule has 0 spiro atoms. The lowest BCUT2D eigenvalue weighted by Gasteiger charge is -2.29. The third kappa shape index (κ3) is 3.95. The summed E-state index contributed by atoms with van der Waals surface area (Å²) in [4.78, 5) is 24.8. The number of hydrogen-bond donors (Lipinski definition) is 1. The molecule has 1 fully saturated rings. The fourth-order valence-corrected chi connectivity index (χ4v) is 3.46. The van der Waals surface area contributed by atoms with Crippen molar-refractivity contribution in [3.8, 4) is 0 Å². The van der Waals surface area contributed by atoms with Crippen LogP contribution in [0.5, 0.6) is 0 Å². The number of carbonyl (C=O) groups excluding carboxylic acids is 1. The van der Waals surface area contributed by atoms with Crippen molar-refractivity contribution in [3.63, 3.8) is 0 Å². The lowest BCUT2D eigenvalue weighted by molar-refractivity contribution is -0.140. The van der Waals surface area contributed by atoms with E-state index in [1.54, 1.807) is 23.6 Å². The molecule has 0 bridgehead atoms. The molecule has 1 aliphatic rings. The van der Waals surface area contributed by atoms with E-state index in [-0.39, 0.29) is 11.7 Å². The number of likely N-dealkylation sites (tertiary alicyclic amines) is 1. The number of aliphatic carboxylic acids is 1. The quantitative estimate of drug-likeness (QED) is 0.753. The van der Waals surface area contributed by atoms with Crippen LogP contribution in [0.3, 0.4) is 0 Å². The summed E-state index contributed by atoms with van der Waals surface area (Å²) in [6.07, 6.45) is 3.86.